The van der Waals surface area contributed by atoms with E-state index < -0.39 is 17.7 Å². The van der Waals surface area contributed by atoms with Gasteiger partial charge in [0.2, 0.25) is 0 Å². The van der Waals surface area contributed by atoms with Crippen LogP contribution in [0.3, 0.4) is 0 Å². The molecule has 1 N–H and O–H groups in total. The summed E-state index contributed by atoms with van der Waals surface area (Å²) in [7, 11) is 0. The Morgan fingerprint density at radius 1 is 1.60 bits per heavy atom. The van der Waals surface area contributed by atoms with Crippen molar-refractivity contribution >= 4 is 5.97 Å². The highest BCUT2D eigenvalue weighted by atomic mass is 19.1. The van der Waals surface area contributed by atoms with Crippen LogP contribution in [0.5, 0.6) is 0 Å². The van der Waals surface area contributed by atoms with Crippen LogP contribution in [-0.2, 0) is 4.79 Å². The molecule has 0 amide bonds. The molecule has 1 atom stereocenters. The van der Waals surface area contributed by atoms with Crippen molar-refractivity contribution in [2.24, 2.45) is 5.92 Å². The molecule has 82 valence electrons. The zero-order chi connectivity index (χ0) is 11.4. The Morgan fingerprint density at radius 3 is 2.73 bits per heavy atom. The van der Waals surface area contributed by atoms with Gasteiger partial charge >= 0.3 is 5.97 Å². The van der Waals surface area contributed by atoms with Crippen molar-refractivity contribution in [3.8, 4) is 0 Å². The third-order valence-electron chi connectivity index (χ3n) is 2.12. The maximum atomic E-state index is 13.3. The van der Waals surface area contributed by atoms with Gasteiger partial charge in [0.05, 0.1) is 5.69 Å². The molecule has 0 bridgehead atoms. The number of aromatic nitrogens is 1. The van der Waals surface area contributed by atoms with Crippen LogP contribution in [0.15, 0.2) is 18.3 Å². The first kappa shape index (κ1) is 11.6. The van der Waals surface area contributed by atoms with Gasteiger partial charge < -0.3 is 5.11 Å². The maximum absolute atomic E-state index is 13.3. The number of aliphatic carboxylic acids is 1. The van der Waals surface area contributed by atoms with Crippen LogP contribution in [-0.4, -0.2) is 16.1 Å². The van der Waals surface area contributed by atoms with E-state index in [1.165, 1.54) is 18.3 Å². The van der Waals surface area contributed by atoms with E-state index in [-0.39, 0.29) is 11.6 Å². The number of carbonyl (C=O) groups is 1. The van der Waals surface area contributed by atoms with E-state index in [1.807, 2.05) is 13.8 Å². The Morgan fingerprint density at radius 2 is 2.27 bits per heavy atom. The minimum absolute atomic E-state index is 0.0266. The van der Waals surface area contributed by atoms with Gasteiger partial charge in [-0.2, -0.15) is 0 Å². The first-order valence-electron chi connectivity index (χ1n) is 4.85. The van der Waals surface area contributed by atoms with Gasteiger partial charge in [-0.25, -0.2) is 4.39 Å². The predicted octanol–water partition coefficient (Wildman–Crippen LogP) is 2.44. The van der Waals surface area contributed by atoms with Gasteiger partial charge in [-0.3, -0.25) is 9.78 Å². The molecule has 1 aromatic rings. The number of halogens is 1. The van der Waals surface area contributed by atoms with E-state index in [9.17, 15) is 9.18 Å². The molecule has 0 aliphatic rings. The number of carboxylic acid groups (broad SMARTS) is 1. The van der Waals surface area contributed by atoms with E-state index in [1.54, 1.807) is 0 Å². The minimum atomic E-state index is -1.03. The molecular formula is C11H14FNO2. The van der Waals surface area contributed by atoms with Crippen molar-refractivity contribution in [3.63, 3.8) is 0 Å². The molecule has 0 fully saturated rings. The number of rotatable bonds is 4. The second-order valence-electron chi connectivity index (χ2n) is 3.89. The summed E-state index contributed by atoms with van der Waals surface area (Å²) >= 11 is 0. The Kier molecular flexibility index (Phi) is 3.77. The first-order valence-corrected chi connectivity index (χ1v) is 4.85. The van der Waals surface area contributed by atoms with Crippen molar-refractivity contribution in [1.82, 2.24) is 4.98 Å². The van der Waals surface area contributed by atoms with E-state index in [0.29, 0.717) is 6.42 Å². The van der Waals surface area contributed by atoms with Gasteiger partial charge in [-0.1, -0.05) is 13.8 Å². The molecule has 0 saturated carbocycles. The van der Waals surface area contributed by atoms with Crippen LogP contribution < -0.4 is 0 Å². The Labute approximate surface area is 88.0 Å². The highest BCUT2D eigenvalue weighted by molar-refractivity contribution is 5.75. The summed E-state index contributed by atoms with van der Waals surface area (Å²) in [6.07, 6.45) is 1.80. The van der Waals surface area contributed by atoms with Crippen LogP contribution in [0.2, 0.25) is 0 Å². The minimum Gasteiger partial charge on any atom is -0.481 e. The molecule has 0 aliphatic carbocycles. The number of nitrogens with zero attached hydrogens (tertiary/aromatic N) is 1. The maximum Gasteiger partial charge on any atom is 0.312 e. The Bertz CT molecular complexity index is 352. The quantitative estimate of drug-likeness (QED) is 0.832. The standard InChI is InChI=1S/C11H14FNO2/c1-7(2)6-8(11(14)15)10-9(12)4-3-5-13-10/h3-5,7-8H,6H2,1-2H3,(H,14,15). The van der Waals surface area contributed by atoms with E-state index >= 15 is 0 Å². The van der Waals surface area contributed by atoms with Gasteiger partial charge in [0, 0.05) is 6.20 Å². The first-order chi connectivity index (χ1) is 7.02. The van der Waals surface area contributed by atoms with Crippen LogP contribution in [0, 0.1) is 11.7 Å². The fraction of sp³-hybridized carbons (Fsp3) is 0.455. The average Bonchev–Trinajstić information content (AvgIpc) is 2.15. The molecule has 0 radical (unpaired) electrons. The van der Waals surface area contributed by atoms with Crippen molar-refractivity contribution < 1.29 is 14.3 Å². The molecule has 1 rings (SSSR count). The SMILES string of the molecule is CC(C)CC(C(=O)O)c1ncccc1F. The normalized spacial score (nSPS) is 12.8. The van der Waals surface area contributed by atoms with Crippen molar-refractivity contribution in [3.05, 3.63) is 29.8 Å². The van der Waals surface area contributed by atoms with Gasteiger partial charge in [-0.05, 0) is 24.5 Å². The lowest BCUT2D eigenvalue weighted by molar-refractivity contribution is -0.139. The molecule has 0 spiro atoms. The van der Waals surface area contributed by atoms with Crippen LogP contribution in [0.25, 0.3) is 0 Å². The lowest BCUT2D eigenvalue weighted by Gasteiger charge is -2.14. The summed E-state index contributed by atoms with van der Waals surface area (Å²) < 4.78 is 13.3. The molecule has 1 unspecified atom stereocenters. The summed E-state index contributed by atoms with van der Waals surface area (Å²) in [6, 6.07) is 2.69. The summed E-state index contributed by atoms with van der Waals surface area (Å²) in [5.74, 6) is -2.24. The van der Waals surface area contributed by atoms with Gasteiger partial charge in [0.15, 0.2) is 0 Å². The lowest BCUT2D eigenvalue weighted by atomic mass is 9.93. The summed E-state index contributed by atoms with van der Waals surface area (Å²) in [5.41, 5.74) is 0.0266. The molecule has 15 heavy (non-hydrogen) atoms. The Balaban J connectivity index is 2.99. The molecule has 0 saturated heterocycles. The molecule has 1 aromatic heterocycles. The summed E-state index contributed by atoms with van der Waals surface area (Å²) in [6.45, 7) is 3.80. The van der Waals surface area contributed by atoms with E-state index in [4.69, 9.17) is 5.11 Å². The zero-order valence-corrected chi connectivity index (χ0v) is 8.77. The second kappa shape index (κ2) is 4.87. The molecule has 0 aromatic carbocycles. The number of carboxylic acids is 1. The van der Waals surface area contributed by atoms with Crippen molar-refractivity contribution in [2.45, 2.75) is 26.2 Å². The topological polar surface area (TPSA) is 50.2 Å². The molecule has 0 aliphatic heterocycles. The van der Waals surface area contributed by atoms with Gasteiger partial charge in [-0.15, -0.1) is 0 Å². The highest BCUT2D eigenvalue weighted by Crippen LogP contribution is 2.24. The van der Waals surface area contributed by atoms with Crippen LogP contribution >= 0.6 is 0 Å². The summed E-state index contributed by atoms with van der Waals surface area (Å²) in [4.78, 5) is 14.8. The third-order valence-corrected chi connectivity index (χ3v) is 2.12. The van der Waals surface area contributed by atoms with Crippen LogP contribution in [0.4, 0.5) is 4.39 Å². The largest absolute Gasteiger partial charge is 0.481 e. The molecule has 1 heterocycles. The third kappa shape index (κ3) is 3.01. The Hall–Kier alpha value is -1.45. The fourth-order valence-electron chi connectivity index (χ4n) is 1.46. The number of hydrogen-bond donors (Lipinski definition) is 1. The lowest BCUT2D eigenvalue weighted by Crippen LogP contribution is -2.16. The van der Waals surface area contributed by atoms with E-state index in [2.05, 4.69) is 4.98 Å². The summed E-state index contributed by atoms with van der Waals surface area (Å²) in [5, 5.41) is 8.99. The van der Waals surface area contributed by atoms with Gasteiger partial charge in [0.25, 0.3) is 0 Å². The zero-order valence-electron chi connectivity index (χ0n) is 8.77. The van der Waals surface area contributed by atoms with Crippen molar-refractivity contribution in [1.29, 1.82) is 0 Å². The van der Waals surface area contributed by atoms with E-state index in [0.717, 1.165) is 0 Å². The molecular weight excluding hydrogens is 197 g/mol. The van der Waals surface area contributed by atoms with Crippen LogP contribution in [0.1, 0.15) is 31.9 Å². The second-order valence-corrected chi connectivity index (χ2v) is 3.89. The van der Waals surface area contributed by atoms with Crippen molar-refractivity contribution in [2.75, 3.05) is 0 Å². The molecule has 3 nitrogen and oxygen atoms in total. The average molecular weight is 211 g/mol. The fourth-order valence-corrected chi connectivity index (χ4v) is 1.46. The predicted molar refractivity (Wildman–Crippen MR) is 54.0 cm³/mol. The van der Waals surface area contributed by atoms with Gasteiger partial charge in [0.1, 0.15) is 11.7 Å². The number of pyridine rings is 1. The molecule has 4 heteroatoms. The highest BCUT2D eigenvalue weighted by Gasteiger charge is 2.25. The smallest absolute Gasteiger partial charge is 0.312 e. The monoisotopic (exact) mass is 211 g/mol. The number of hydrogen-bond acceptors (Lipinski definition) is 2.